The van der Waals surface area contributed by atoms with Crippen molar-refractivity contribution in [2.24, 2.45) is 5.10 Å². The molecular formula is C19H17Cl2N3O2. The number of benzene rings is 2. The van der Waals surface area contributed by atoms with Gasteiger partial charge in [-0.2, -0.15) is 5.10 Å². The fourth-order valence-corrected chi connectivity index (χ4v) is 3.12. The van der Waals surface area contributed by atoms with Gasteiger partial charge in [-0.25, -0.2) is 5.01 Å². The lowest BCUT2D eigenvalue weighted by Gasteiger charge is -2.24. The quantitative estimate of drug-likeness (QED) is 0.855. The zero-order valence-electron chi connectivity index (χ0n) is 14.1. The molecule has 7 heteroatoms. The van der Waals surface area contributed by atoms with E-state index >= 15 is 0 Å². The normalized spacial score (nSPS) is 14.2. The molecule has 0 radical (unpaired) electrons. The zero-order valence-corrected chi connectivity index (χ0v) is 15.6. The van der Waals surface area contributed by atoms with Crippen molar-refractivity contribution >= 4 is 46.4 Å². The van der Waals surface area contributed by atoms with Gasteiger partial charge in [0.2, 0.25) is 5.91 Å². The number of carbonyl (C=O) groups is 2. The largest absolute Gasteiger partial charge is 0.347 e. The van der Waals surface area contributed by atoms with Crippen LogP contribution in [0.3, 0.4) is 0 Å². The van der Waals surface area contributed by atoms with E-state index in [0.717, 1.165) is 11.1 Å². The van der Waals surface area contributed by atoms with Crippen molar-refractivity contribution < 1.29 is 9.59 Å². The van der Waals surface area contributed by atoms with Crippen molar-refractivity contribution in [3.05, 3.63) is 63.6 Å². The van der Waals surface area contributed by atoms with Crippen molar-refractivity contribution in [1.29, 1.82) is 0 Å². The highest BCUT2D eigenvalue weighted by molar-refractivity contribution is 6.40. The first-order valence-electron chi connectivity index (χ1n) is 8.14. The van der Waals surface area contributed by atoms with E-state index in [9.17, 15) is 9.59 Å². The van der Waals surface area contributed by atoms with Gasteiger partial charge in [-0.05, 0) is 36.2 Å². The standard InChI is InChI=1S/C19H17Cl2N3O2/c1-12-4-2-3-5-17(12)24-18(25)9-8-16(23-24)19(26)22-11-13-6-7-14(20)10-15(13)21/h2-7,10H,8-9,11H2,1H3,(H,22,26). The van der Waals surface area contributed by atoms with Gasteiger partial charge in [0, 0.05) is 29.4 Å². The van der Waals surface area contributed by atoms with E-state index < -0.39 is 0 Å². The lowest BCUT2D eigenvalue weighted by atomic mass is 10.1. The second-order valence-electron chi connectivity index (χ2n) is 5.96. The molecule has 0 spiro atoms. The lowest BCUT2D eigenvalue weighted by molar-refractivity contribution is -0.119. The summed E-state index contributed by atoms with van der Waals surface area (Å²) in [6, 6.07) is 12.5. The van der Waals surface area contributed by atoms with E-state index in [-0.39, 0.29) is 24.8 Å². The number of hydrogen-bond acceptors (Lipinski definition) is 3. The van der Waals surface area contributed by atoms with Crippen LogP contribution in [0.25, 0.3) is 0 Å². The Morgan fingerprint density at radius 1 is 1.19 bits per heavy atom. The predicted molar refractivity (Wildman–Crippen MR) is 104 cm³/mol. The number of amides is 2. The smallest absolute Gasteiger partial charge is 0.267 e. The Kier molecular flexibility index (Phi) is 5.59. The van der Waals surface area contributed by atoms with Crippen molar-refractivity contribution in [3.63, 3.8) is 0 Å². The number of para-hydroxylation sites is 1. The number of nitrogens with one attached hydrogen (secondary N) is 1. The molecule has 26 heavy (non-hydrogen) atoms. The number of nitrogens with zero attached hydrogens (tertiary/aromatic N) is 2. The zero-order chi connectivity index (χ0) is 18.7. The van der Waals surface area contributed by atoms with Crippen LogP contribution in [-0.2, 0) is 16.1 Å². The number of aryl methyl sites for hydroxylation is 1. The second-order valence-corrected chi connectivity index (χ2v) is 6.80. The maximum Gasteiger partial charge on any atom is 0.267 e. The molecular weight excluding hydrogens is 373 g/mol. The maximum absolute atomic E-state index is 12.5. The van der Waals surface area contributed by atoms with E-state index in [4.69, 9.17) is 23.2 Å². The van der Waals surface area contributed by atoms with Crippen LogP contribution >= 0.6 is 23.2 Å². The second kappa shape index (κ2) is 7.89. The molecule has 0 aromatic heterocycles. The van der Waals surface area contributed by atoms with Gasteiger partial charge >= 0.3 is 0 Å². The summed E-state index contributed by atoms with van der Waals surface area (Å²) in [5, 5.41) is 9.40. The number of carbonyl (C=O) groups excluding carboxylic acids is 2. The molecule has 2 aromatic carbocycles. The first-order valence-corrected chi connectivity index (χ1v) is 8.89. The van der Waals surface area contributed by atoms with E-state index in [2.05, 4.69) is 10.4 Å². The molecule has 0 unspecified atom stereocenters. The summed E-state index contributed by atoms with van der Waals surface area (Å²) in [6.07, 6.45) is 0.545. The number of halogens is 2. The van der Waals surface area contributed by atoms with E-state index in [1.165, 1.54) is 5.01 Å². The Balaban J connectivity index is 1.75. The summed E-state index contributed by atoms with van der Waals surface area (Å²) < 4.78 is 0. The molecule has 1 aliphatic heterocycles. The van der Waals surface area contributed by atoms with Crippen molar-refractivity contribution in [3.8, 4) is 0 Å². The average molecular weight is 390 g/mol. The summed E-state index contributed by atoms with van der Waals surface area (Å²) in [7, 11) is 0. The molecule has 2 amide bonds. The molecule has 1 heterocycles. The summed E-state index contributed by atoms with van der Waals surface area (Å²) >= 11 is 12.0. The summed E-state index contributed by atoms with van der Waals surface area (Å²) in [5.74, 6) is -0.446. The molecule has 0 saturated heterocycles. The average Bonchev–Trinajstić information content (AvgIpc) is 2.62. The third kappa shape index (κ3) is 4.06. The molecule has 1 aliphatic rings. The third-order valence-corrected chi connectivity index (χ3v) is 4.68. The third-order valence-electron chi connectivity index (χ3n) is 4.09. The molecule has 0 aliphatic carbocycles. The van der Waals surface area contributed by atoms with Crippen LogP contribution in [0.1, 0.15) is 24.0 Å². The molecule has 0 atom stereocenters. The number of anilines is 1. The van der Waals surface area contributed by atoms with Gasteiger partial charge < -0.3 is 5.32 Å². The van der Waals surface area contributed by atoms with E-state index in [1.807, 2.05) is 31.2 Å². The first kappa shape index (κ1) is 18.4. The molecule has 5 nitrogen and oxygen atoms in total. The van der Waals surface area contributed by atoms with Crippen LogP contribution in [0.5, 0.6) is 0 Å². The summed E-state index contributed by atoms with van der Waals surface area (Å²) in [5.41, 5.74) is 2.67. The van der Waals surface area contributed by atoms with Crippen LogP contribution in [0.2, 0.25) is 10.0 Å². The van der Waals surface area contributed by atoms with Crippen LogP contribution in [0.4, 0.5) is 5.69 Å². The predicted octanol–water partition coefficient (Wildman–Crippen LogP) is 4.10. The van der Waals surface area contributed by atoms with Gasteiger partial charge in [-0.1, -0.05) is 47.5 Å². The monoisotopic (exact) mass is 389 g/mol. The van der Waals surface area contributed by atoms with Gasteiger partial charge in [0.25, 0.3) is 5.91 Å². The van der Waals surface area contributed by atoms with Crippen molar-refractivity contribution in [1.82, 2.24) is 5.32 Å². The Bertz CT molecular complexity index is 896. The fraction of sp³-hybridized carbons (Fsp3) is 0.211. The summed E-state index contributed by atoms with van der Waals surface area (Å²) in [6.45, 7) is 2.15. The molecule has 0 fully saturated rings. The highest BCUT2D eigenvalue weighted by Gasteiger charge is 2.26. The van der Waals surface area contributed by atoms with Crippen LogP contribution in [0, 0.1) is 6.92 Å². The Morgan fingerprint density at radius 3 is 2.69 bits per heavy atom. The Labute approximate surface area is 161 Å². The molecule has 2 aromatic rings. The van der Waals surface area contributed by atoms with Gasteiger partial charge in [0.05, 0.1) is 5.69 Å². The number of hydrogen-bond donors (Lipinski definition) is 1. The molecule has 0 bridgehead atoms. The molecule has 134 valence electrons. The minimum atomic E-state index is -0.317. The Morgan fingerprint density at radius 2 is 1.96 bits per heavy atom. The SMILES string of the molecule is Cc1ccccc1N1N=C(C(=O)NCc2ccc(Cl)cc2Cl)CCC1=O. The van der Waals surface area contributed by atoms with Gasteiger partial charge in [0.1, 0.15) is 5.71 Å². The first-order chi connectivity index (χ1) is 12.5. The van der Waals surface area contributed by atoms with Crippen molar-refractivity contribution in [2.75, 3.05) is 5.01 Å². The number of hydrazone groups is 1. The van der Waals surface area contributed by atoms with Gasteiger partial charge in [-0.15, -0.1) is 0 Å². The van der Waals surface area contributed by atoms with Crippen LogP contribution in [-0.4, -0.2) is 17.5 Å². The highest BCUT2D eigenvalue weighted by atomic mass is 35.5. The maximum atomic E-state index is 12.5. The summed E-state index contributed by atoms with van der Waals surface area (Å²) in [4.78, 5) is 24.7. The lowest BCUT2D eigenvalue weighted by Crippen LogP contribution is -2.39. The highest BCUT2D eigenvalue weighted by Crippen LogP contribution is 2.24. The van der Waals surface area contributed by atoms with Gasteiger partial charge in [0.15, 0.2) is 0 Å². The van der Waals surface area contributed by atoms with Crippen LogP contribution in [0.15, 0.2) is 47.6 Å². The molecule has 1 N–H and O–H groups in total. The fourth-order valence-electron chi connectivity index (χ4n) is 2.65. The molecule has 0 saturated carbocycles. The minimum Gasteiger partial charge on any atom is -0.347 e. The minimum absolute atomic E-state index is 0.128. The molecule has 3 rings (SSSR count). The van der Waals surface area contributed by atoms with Gasteiger partial charge in [-0.3, -0.25) is 9.59 Å². The van der Waals surface area contributed by atoms with E-state index in [1.54, 1.807) is 18.2 Å². The Hall–Kier alpha value is -2.37. The van der Waals surface area contributed by atoms with E-state index in [0.29, 0.717) is 27.9 Å². The number of rotatable bonds is 4. The van der Waals surface area contributed by atoms with Crippen molar-refractivity contribution in [2.45, 2.75) is 26.3 Å². The van der Waals surface area contributed by atoms with Crippen LogP contribution < -0.4 is 10.3 Å². The topological polar surface area (TPSA) is 61.8 Å².